The molecule has 1 heterocycles. The molecule has 0 radical (unpaired) electrons. The Bertz CT molecular complexity index is 658. The third-order valence-electron chi connectivity index (χ3n) is 5.39. The summed E-state index contributed by atoms with van der Waals surface area (Å²) in [6.45, 7) is 4.32. The van der Waals surface area contributed by atoms with Gasteiger partial charge in [0, 0.05) is 0 Å². The van der Waals surface area contributed by atoms with Crippen molar-refractivity contribution in [2.24, 2.45) is 11.3 Å². The van der Waals surface area contributed by atoms with Gasteiger partial charge in [-0.25, -0.2) is 0 Å². The van der Waals surface area contributed by atoms with Gasteiger partial charge in [-0.05, 0) is 45.4 Å². The molecule has 154 valence electrons. The number of ether oxygens (including phenoxy) is 2. The Labute approximate surface area is 165 Å². The molecule has 2 aliphatic carbocycles. The van der Waals surface area contributed by atoms with E-state index in [1.54, 1.807) is 13.8 Å². The smallest absolute Gasteiger partial charge is 0.326 e. The zero-order valence-corrected chi connectivity index (χ0v) is 16.6. The molecule has 0 saturated heterocycles. The first-order valence-corrected chi connectivity index (χ1v) is 10.1. The fraction of sp³-hybridized carbons (Fsp3) is 0.789. The van der Waals surface area contributed by atoms with Crippen LogP contribution in [0.3, 0.4) is 0 Å². The summed E-state index contributed by atoms with van der Waals surface area (Å²) in [6, 6.07) is 2.09. The molecule has 9 nitrogen and oxygen atoms in total. The zero-order valence-electron chi connectivity index (χ0n) is 16.6. The Balaban J connectivity index is 0.000000209. The molecule has 1 aromatic heterocycles. The number of tetrazole rings is 1. The second-order valence-corrected chi connectivity index (χ2v) is 7.17. The third kappa shape index (κ3) is 5.27. The molecule has 1 unspecified atom stereocenters. The first-order chi connectivity index (χ1) is 13.6. The minimum Gasteiger partial charge on any atom is -0.465 e. The number of carbonyl (C=O) groups is 2. The van der Waals surface area contributed by atoms with Crippen LogP contribution in [0.4, 0.5) is 0 Å². The number of rotatable bonds is 6. The molecule has 0 aliphatic heterocycles. The van der Waals surface area contributed by atoms with Gasteiger partial charge in [-0.3, -0.25) is 9.59 Å². The highest BCUT2D eigenvalue weighted by Crippen LogP contribution is 2.38. The molecule has 0 amide bonds. The Hall–Kier alpha value is -2.50. The Morgan fingerprint density at radius 3 is 2.32 bits per heavy atom. The van der Waals surface area contributed by atoms with Gasteiger partial charge in [0.15, 0.2) is 11.2 Å². The molecule has 3 rings (SSSR count). The summed E-state index contributed by atoms with van der Waals surface area (Å²) in [7, 11) is 0. The fourth-order valence-electron chi connectivity index (χ4n) is 3.94. The third-order valence-corrected chi connectivity index (χ3v) is 5.39. The zero-order chi connectivity index (χ0) is 20.4. The van der Waals surface area contributed by atoms with Crippen molar-refractivity contribution in [1.82, 2.24) is 20.6 Å². The average molecular weight is 391 g/mol. The Kier molecular flexibility index (Phi) is 8.36. The van der Waals surface area contributed by atoms with Crippen molar-refractivity contribution >= 4 is 11.9 Å². The lowest BCUT2D eigenvalue weighted by Gasteiger charge is -2.17. The number of aromatic amines is 1. The Morgan fingerprint density at radius 2 is 1.82 bits per heavy atom. The van der Waals surface area contributed by atoms with Crippen LogP contribution in [0, 0.1) is 22.7 Å². The highest BCUT2D eigenvalue weighted by molar-refractivity contribution is 5.80. The number of hydrogen-bond acceptors (Lipinski definition) is 8. The van der Waals surface area contributed by atoms with E-state index < -0.39 is 5.41 Å². The monoisotopic (exact) mass is 391 g/mol. The number of hydrogen-bond donors (Lipinski definition) is 1. The first kappa shape index (κ1) is 21.8. The minimum atomic E-state index is -0.810. The van der Waals surface area contributed by atoms with E-state index in [-0.39, 0.29) is 17.9 Å². The lowest BCUT2D eigenvalue weighted by atomic mass is 9.88. The predicted molar refractivity (Wildman–Crippen MR) is 98.7 cm³/mol. The fourth-order valence-corrected chi connectivity index (χ4v) is 3.94. The van der Waals surface area contributed by atoms with Crippen molar-refractivity contribution in [2.75, 3.05) is 13.2 Å². The molecule has 2 aliphatic rings. The molecule has 1 aromatic rings. The number of nitrogens with zero attached hydrogens (tertiary/aromatic N) is 4. The van der Waals surface area contributed by atoms with E-state index in [0.29, 0.717) is 37.8 Å². The van der Waals surface area contributed by atoms with Gasteiger partial charge in [-0.2, -0.15) is 10.5 Å². The molecular formula is C19H29N5O4. The summed E-state index contributed by atoms with van der Waals surface area (Å²) in [5.74, 6) is -0.135. The van der Waals surface area contributed by atoms with Crippen LogP contribution in [-0.2, 0) is 19.1 Å². The van der Waals surface area contributed by atoms with Crippen molar-refractivity contribution in [3.05, 3.63) is 5.82 Å². The standard InChI is InChI=1S/C10H16N4O2.C9H13NO2/c1-2-16-10(15)8(7-5-3-4-6-7)9-11-13-14-12-9;1-2-12-8(11)9(7-10)5-3-4-6-9/h7-8H,2-6H2,1H3,(H,11,12,13,14);2-6H2,1H3. The van der Waals surface area contributed by atoms with Gasteiger partial charge < -0.3 is 9.47 Å². The largest absolute Gasteiger partial charge is 0.465 e. The predicted octanol–water partition coefficient (Wildman–Crippen LogP) is 2.67. The lowest BCUT2D eigenvalue weighted by Crippen LogP contribution is -2.28. The second kappa shape index (κ2) is 10.7. The molecule has 2 fully saturated rings. The summed E-state index contributed by atoms with van der Waals surface area (Å²) in [6.07, 6.45) is 7.68. The van der Waals surface area contributed by atoms with E-state index in [2.05, 4.69) is 26.7 Å². The van der Waals surface area contributed by atoms with Gasteiger partial charge in [0.05, 0.1) is 19.3 Å². The van der Waals surface area contributed by atoms with Crippen molar-refractivity contribution < 1.29 is 19.1 Å². The number of esters is 2. The number of nitriles is 1. The van der Waals surface area contributed by atoms with Crippen LogP contribution in [-0.4, -0.2) is 45.8 Å². The Morgan fingerprint density at radius 1 is 1.18 bits per heavy atom. The molecule has 1 atom stereocenters. The molecular weight excluding hydrogens is 362 g/mol. The van der Waals surface area contributed by atoms with Crippen molar-refractivity contribution in [3.8, 4) is 6.07 Å². The summed E-state index contributed by atoms with van der Waals surface area (Å²) in [5, 5.41) is 22.6. The molecule has 0 bridgehead atoms. The molecule has 9 heteroatoms. The topological polar surface area (TPSA) is 131 Å². The van der Waals surface area contributed by atoms with Crippen LogP contribution in [0.5, 0.6) is 0 Å². The van der Waals surface area contributed by atoms with E-state index in [0.717, 1.165) is 25.7 Å². The van der Waals surface area contributed by atoms with Gasteiger partial charge >= 0.3 is 11.9 Å². The normalized spacial score (nSPS) is 19.2. The van der Waals surface area contributed by atoms with Crippen LogP contribution < -0.4 is 0 Å². The molecule has 28 heavy (non-hydrogen) atoms. The van der Waals surface area contributed by atoms with Gasteiger partial charge in [0.1, 0.15) is 5.92 Å². The van der Waals surface area contributed by atoms with Crippen LogP contribution in [0.15, 0.2) is 0 Å². The summed E-state index contributed by atoms with van der Waals surface area (Å²) >= 11 is 0. The molecule has 0 aromatic carbocycles. The summed E-state index contributed by atoms with van der Waals surface area (Å²) in [5.41, 5.74) is -0.810. The van der Waals surface area contributed by atoms with Crippen molar-refractivity contribution in [2.45, 2.75) is 71.1 Å². The number of carbonyl (C=O) groups excluding carboxylic acids is 2. The maximum Gasteiger partial charge on any atom is 0.326 e. The second-order valence-electron chi connectivity index (χ2n) is 7.17. The van der Waals surface area contributed by atoms with Crippen molar-refractivity contribution in [3.63, 3.8) is 0 Å². The number of H-pyrrole nitrogens is 1. The van der Waals surface area contributed by atoms with Gasteiger partial charge in [-0.15, -0.1) is 10.2 Å². The van der Waals surface area contributed by atoms with Crippen LogP contribution in [0.2, 0.25) is 0 Å². The average Bonchev–Trinajstić information content (AvgIpc) is 3.46. The molecule has 1 N–H and O–H groups in total. The van der Waals surface area contributed by atoms with Crippen molar-refractivity contribution in [1.29, 1.82) is 5.26 Å². The van der Waals surface area contributed by atoms with E-state index in [4.69, 9.17) is 14.7 Å². The van der Waals surface area contributed by atoms with Gasteiger partial charge in [0.25, 0.3) is 0 Å². The first-order valence-electron chi connectivity index (χ1n) is 10.1. The van der Waals surface area contributed by atoms with E-state index in [1.807, 2.05) is 0 Å². The van der Waals surface area contributed by atoms with Crippen LogP contribution in [0.25, 0.3) is 0 Å². The SMILES string of the molecule is CCOC(=O)C(c1nn[nH]n1)C1CCCC1.CCOC(=O)C1(C#N)CCCC1. The number of aromatic nitrogens is 4. The van der Waals surface area contributed by atoms with Crippen LogP contribution in [0.1, 0.15) is 77.0 Å². The number of nitrogens with one attached hydrogen (secondary N) is 1. The quantitative estimate of drug-likeness (QED) is 0.732. The summed E-state index contributed by atoms with van der Waals surface area (Å²) < 4.78 is 9.94. The minimum absolute atomic E-state index is 0.226. The lowest BCUT2D eigenvalue weighted by molar-refractivity contribution is -0.151. The van der Waals surface area contributed by atoms with Crippen LogP contribution >= 0.6 is 0 Å². The highest BCUT2D eigenvalue weighted by Gasteiger charge is 2.42. The van der Waals surface area contributed by atoms with E-state index in [9.17, 15) is 9.59 Å². The van der Waals surface area contributed by atoms with Gasteiger partial charge in [-0.1, -0.05) is 30.9 Å². The van der Waals surface area contributed by atoms with E-state index >= 15 is 0 Å². The molecule has 0 spiro atoms. The highest BCUT2D eigenvalue weighted by atomic mass is 16.5. The summed E-state index contributed by atoms with van der Waals surface area (Å²) in [4.78, 5) is 23.2. The maximum atomic E-state index is 11.9. The molecule has 2 saturated carbocycles. The van der Waals surface area contributed by atoms with E-state index in [1.165, 1.54) is 12.8 Å². The van der Waals surface area contributed by atoms with Gasteiger partial charge in [0.2, 0.25) is 0 Å². The maximum absolute atomic E-state index is 11.9.